The maximum absolute atomic E-state index is 11.8. The number of nitrogens with one attached hydrogen (secondary N) is 3. The molecule has 2 fully saturated rings. The molecule has 3 amide bonds. The SMILES string of the molecule is CCCCNC(=O)NC(=O)CN1C[C@@H]2CCCN[C@@H]2C1. The van der Waals surface area contributed by atoms with Crippen molar-refractivity contribution in [3.8, 4) is 0 Å². The van der Waals surface area contributed by atoms with E-state index >= 15 is 0 Å². The Morgan fingerprint density at radius 1 is 1.35 bits per heavy atom. The summed E-state index contributed by atoms with van der Waals surface area (Å²) in [6, 6.07) is 0.146. The van der Waals surface area contributed by atoms with E-state index in [0.29, 0.717) is 25.0 Å². The molecule has 6 nitrogen and oxygen atoms in total. The van der Waals surface area contributed by atoms with Gasteiger partial charge in [0.2, 0.25) is 5.91 Å². The fraction of sp³-hybridized carbons (Fsp3) is 0.857. The molecule has 0 aromatic heterocycles. The number of urea groups is 1. The van der Waals surface area contributed by atoms with Crippen LogP contribution in [0.3, 0.4) is 0 Å². The molecular formula is C14H26N4O2. The third kappa shape index (κ3) is 4.45. The lowest BCUT2D eigenvalue weighted by molar-refractivity contribution is -0.120. The fourth-order valence-corrected chi connectivity index (χ4v) is 3.06. The summed E-state index contributed by atoms with van der Waals surface area (Å²) in [7, 11) is 0. The number of carbonyl (C=O) groups excluding carboxylic acids is 2. The Morgan fingerprint density at radius 2 is 2.20 bits per heavy atom. The molecule has 0 aromatic carbocycles. The van der Waals surface area contributed by atoms with E-state index in [0.717, 1.165) is 32.5 Å². The lowest BCUT2D eigenvalue weighted by atomic mass is 9.94. The van der Waals surface area contributed by atoms with E-state index in [-0.39, 0.29) is 11.9 Å². The first-order valence-corrected chi connectivity index (χ1v) is 7.72. The zero-order valence-electron chi connectivity index (χ0n) is 12.3. The number of hydrogen-bond acceptors (Lipinski definition) is 4. The summed E-state index contributed by atoms with van der Waals surface area (Å²) in [6.07, 6.45) is 4.43. The number of unbranched alkanes of at least 4 members (excludes halogenated alkanes) is 1. The normalized spacial score (nSPS) is 26.1. The van der Waals surface area contributed by atoms with Gasteiger partial charge >= 0.3 is 6.03 Å². The van der Waals surface area contributed by atoms with Crippen LogP contribution in [0.4, 0.5) is 4.79 Å². The molecule has 6 heteroatoms. The molecule has 0 unspecified atom stereocenters. The van der Waals surface area contributed by atoms with Gasteiger partial charge in [0.1, 0.15) is 0 Å². The number of carbonyl (C=O) groups is 2. The first kappa shape index (κ1) is 15.3. The number of amides is 3. The maximum Gasteiger partial charge on any atom is 0.321 e. The van der Waals surface area contributed by atoms with Gasteiger partial charge in [0.05, 0.1) is 6.54 Å². The van der Waals surface area contributed by atoms with Gasteiger partial charge in [-0.1, -0.05) is 13.3 Å². The number of imide groups is 1. The minimum atomic E-state index is -0.377. The molecular weight excluding hydrogens is 256 g/mol. The Kier molecular flexibility index (Phi) is 5.79. The Morgan fingerprint density at radius 3 is 2.95 bits per heavy atom. The molecule has 3 N–H and O–H groups in total. The van der Waals surface area contributed by atoms with Gasteiger partial charge in [-0.2, -0.15) is 0 Å². The molecule has 2 rings (SSSR count). The summed E-state index contributed by atoms with van der Waals surface area (Å²) in [4.78, 5) is 25.4. The quantitative estimate of drug-likeness (QED) is 0.634. The van der Waals surface area contributed by atoms with Crippen molar-refractivity contribution in [3.63, 3.8) is 0 Å². The second-order valence-corrected chi connectivity index (χ2v) is 5.81. The van der Waals surface area contributed by atoms with E-state index in [1.807, 2.05) is 0 Å². The molecule has 2 saturated heterocycles. The highest BCUT2D eigenvalue weighted by Gasteiger charge is 2.34. The van der Waals surface area contributed by atoms with Gasteiger partial charge in [-0.3, -0.25) is 15.0 Å². The van der Waals surface area contributed by atoms with Crippen molar-refractivity contribution in [1.82, 2.24) is 20.9 Å². The van der Waals surface area contributed by atoms with Gasteiger partial charge in [-0.15, -0.1) is 0 Å². The van der Waals surface area contributed by atoms with E-state index in [1.165, 1.54) is 12.8 Å². The molecule has 0 saturated carbocycles. The predicted molar refractivity (Wildman–Crippen MR) is 77.4 cm³/mol. The summed E-state index contributed by atoms with van der Waals surface area (Å²) in [5.74, 6) is 0.451. The Labute approximate surface area is 120 Å². The van der Waals surface area contributed by atoms with Gasteiger partial charge in [0.15, 0.2) is 0 Å². The zero-order valence-corrected chi connectivity index (χ0v) is 12.3. The third-order valence-electron chi connectivity index (χ3n) is 4.11. The van der Waals surface area contributed by atoms with Crippen LogP contribution in [0.5, 0.6) is 0 Å². The smallest absolute Gasteiger partial charge is 0.321 e. The molecule has 0 aliphatic carbocycles. The predicted octanol–water partition coefficient (Wildman–Crippen LogP) is 0.296. The van der Waals surface area contributed by atoms with Gasteiger partial charge in [0.25, 0.3) is 0 Å². The lowest BCUT2D eigenvalue weighted by Crippen LogP contribution is -2.45. The number of rotatable bonds is 5. The first-order chi connectivity index (χ1) is 9.69. The number of fused-ring (bicyclic) bond motifs is 1. The zero-order chi connectivity index (χ0) is 14.4. The first-order valence-electron chi connectivity index (χ1n) is 7.72. The molecule has 0 aromatic rings. The van der Waals surface area contributed by atoms with Crippen molar-refractivity contribution in [1.29, 1.82) is 0 Å². The highest BCUT2D eigenvalue weighted by atomic mass is 16.2. The topological polar surface area (TPSA) is 73.5 Å². The van der Waals surface area contributed by atoms with Crippen molar-refractivity contribution in [2.75, 3.05) is 32.7 Å². The van der Waals surface area contributed by atoms with Crippen LogP contribution < -0.4 is 16.0 Å². The van der Waals surface area contributed by atoms with Crippen molar-refractivity contribution >= 4 is 11.9 Å². The molecule has 0 bridgehead atoms. The summed E-state index contributed by atoms with van der Waals surface area (Å²) in [5, 5.41) is 8.59. The molecule has 2 aliphatic heterocycles. The Bertz CT molecular complexity index is 334. The standard InChI is InChI=1S/C14H26N4O2/c1-2-3-6-16-14(20)17-13(19)10-18-8-11-5-4-7-15-12(11)9-18/h11-12,15H,2-10H2,1H3,(H2,16,17,19,20)/t11-,12+/m0/s1. The molecule has 20 heavy (non-hydrogen) atoms. The highest BCUT2D eigenvalue weighted by molar-refractivity contribution is 5.95. The minimum absolute atomic E-state index is 0.211. The van der Waals surface area contributed by atoms with Gasteiger partial charge in [-0.05, 0) is 31.7 Å². The Hall–Kier alpha value is -1.14. The van der Waals surface area contributed by atoms with Crippen molar-refractivity contribution < 1.29 is 9.59 Å². The van der Waals surface area contributed by atoms with Crippen LogP contribution in [0.25, 0.3) is 0 Å². The molecule has 0 spiro atoms. The molecule has 0 radical (unpaired) electrons. The van der Waals surface area contributed by atoms with Crippen LogP contribution >= 0.6 is 0 Å². The van der Waals surface area contributed by atoms with Gasteiger partial charge in [-0.25, -0.2) is 4.79 Å². The van der Waals surface area contributed by atoms with E-state index in [1.54, 1.807) is 0 Å². The maximum atomic E-state index is 11.8. The molecule has 2 heterocycles. The van der Waals surface area contributed by atoms with Crippen LogP contribution in [-0.4, -0.2) is 55.6 Å². The summed E-state index contributed by atoms with van der Waals surface area (Å²) >= 11 is 0. The molecule has 2 aliphatic rings. The van der Waals surface area contributed by atoms with Crippen molar-refractivity contribution in [3.05, 3.63) is 0 Å². The second kappa shape index (κ2) is 7.59. The largest absolute Gasteiger partial charge is 0.338 e. The second-order valence-electron chi connectivity index (χ2n) is 5.81. The summed E-state index contributed by atoms with van der Waals surface area (Å²) < 4.78 is 0. The Balaban J connectivity index is 1.66. The lowest BCUT2D eigenvalue weighted by Gasteiger charge is -2.24. The highest BCUT2D eigenvalue weighted by Crippen LogP contribution is 2.24. The average Bonchev–Trinajstić information content (AvgIpc) is 2.80. The van der Waals surface area contributed by atoms with Crippen LogP contribution in [0.2, 0.25) is 0 Å². The van der Waals surface area contributed by atoms with Crippen molar-refractivity contribution in [2.45, 2.75) is 38.6 Å². The summed E-state index contributed by atoms with van der Waals surface area (Å²) in [5.41, 5.74) is 0. The van der Waals surface area contributed by atoms with Crippen LogP contribution in [0, 0.1) is 5.92 Å². The number of hydrogen-bond donors (Lipinski definition) is 3. The van der Waals surface area contributed by atoms with Crippen molar-refractivity contribution in [2.24, 2.45) is 5.92 Å². The average molecular weight is 282 g/mol. The van der Waals surface area contributed by atoms with E-state index in [4.69, 9.17) is 0 Å². The molecule has 114 valence electrons. The van der Waals surface area contributed by atoms with Gasteiger partial charge in [0, 0.05) is 25.7 Å². The summed E-state index contributed by atoms with van der Waals surface area (Å²) in [6.45, 7) is 5.95. The van der Waals surface area contributed by atoms with Gasteiger partial charge < -0.3 is 10.6 Å². The number of likely N-dealkylation sites (tertiary alicyclic amines) is 1. The molecule has 2 atom stereocenters. The number of piperidine rings is 1. The monoisotopic (exact) mass is 282 g/mol. The van der Waals surface area contributed by atoms with Crippen LogP contribution in [0.15, 0.2) is 0 Å². The van der Waals surface area contributed by atoms with E-state index < -0.39 is 0 Å². The van der Waals surface area contributed by atoms with Crippen LogP contribution in [-0.2, 0) is 4.79 Å². The van der Waals surface area contributed by atoms with Crippen LogP contribution in [0.1, 0.15) is 32.6 Å². The number of nitrogens with zero attached hydrogens (tertiary/aromatic N) is 1. The minimum Gasteiger partial charge on any atom is -0.338 e. The third-order valence-corrected chi connectivity index (χ3v) is 4.11. The van der Waals surface area contributed by atoms with E-state index in [9.17, 15) is 9.59 Å². The van der Waals surface area contributed by atoms with E-state index in [2.05, 4.69) is 27.8 Å². The fourth-order valence-electron chi connectivity index (χ4n) is 3.06.